The van der Waals surface area contributed by atoms with E-state index < -0.39 is 0 Å². The Labute approximate surface area is 155 Å². The Bertz CT molecular complexity index is 553. The molecular weight excluding hydrogens is 344 g/mol. The second-order valence-electron chi connectivity index (χ2n) is 6.32. The average Bonchev–Trinajstić information content (AvgIpc) is 2.89. The van der Waals surface area contributed by atoms with Gasteiger partial charge in [-0.25, -0.2) is 0 Å². The van der Waals surface area contributed by atoms with E-state index in [1.54, 1.807) is 11.3 Å². The van der Waals surface area contributed by atoms with Crippen molar-refractivity contribution in [2.75, 3.05) is 19.6 Å². The van der Waals surface area contributed by atoms with Crippen LogP contribution in [0.2, 0.25) is 0 Å². The molecule has 4 nitrogen and oxygen atoms in total. The highest BCUT2D eigenvalue weighted by atomic mass is 35.5. The molecular formula is C18H29ClN2O2S. The van der Waals surface area contributed by atoms with Crippen LogP contribution >= 0.6 is 23.7 Å². The zero-order chi connectivity index (χ0) is 16.8. The molecule has 1 saturated heterocycles. The lowest BCUT2D eigenvalue weighted by atomic mass is 10.0. The molecule has 0 spiro atoms. The van der Waals surface area contributed by atoms with Crippen molar-refractivity contribution in [1.29, 1.82) is 0 Å². The van der Waals surface area contributed by atoms with Crippen molar-refractivity contribution in [3.05, 3.63) is 21.4 Å². The predicted molar refractivity (Wildman–Crippen MR) is 103 cm³/mol. The first-order valence-electron chi connectivity index (χ1n) is 8.63. The highest BCUT2D eigenvalue weighted by molar-refractivity contribution is 7.12. The Morgan fingerprint density at radius 2 is 1.92 bits per heavy atom. The Kier molecular flexibility index (Phi) is 8.95. The molecule has 2 rings (SSSR count). The minimum Gasteiger partial charge on any atom is -0.340 e. The van der Waals surface area contributed by atoms with Gasteiger partial charge in [-0.2, -0.15) is 0 Å². The van der Waals surface area contributed by atoms with Crippen LogP contribution in [0, 0.1) is 13.8 Å². The van der Waals surface area contributed by atoms with Crippen LogP contribution in [-0.4, -0.2) is 42.3 Å². The summed E-state index contributed by atoms with van der Waals surface area (Å²) >= 11 is 1.65. The van der Waals surface area contributed by atoms with E-state index in [1.165, 1.54) is 0 Å². The van der Waals surface area contributed by atoms with Gasteiger partial charge in [0.25, 0.3) is 0 Å². The van der Waals surface area contributed by atoms with Gasteiger partial charge in [-0.1, -0.05) is 6.92 Å². The number of Topliss-reactive ketones (excluding diaryl/α,β-unsaturated/α-hetero) is 1. The summed E-state index contributed by atoms with van der Waals surface area (Å²) in [5, 5.41) is 3.34. The average molecular weight is 373 g/mol. The minimum absolute atomic E-state index is 0. The first kappa shape index (κ1) is 21.1. The summed E-state index contributed by atoms with van der Waals surface area (Å²) in [5.41, 5.74) is 0.796. The van der Waals surface area contributed by atoms with Crippen molar-refractivity contribution < 1.29 is 9.59 Å². The van der Waals surface area contributed by atoms with Gasteiger partial charge >= 0.3 is 0 Å². The second kappa shape index (κ2) is 10.2. The molecule has 6 heteroatoms. The van der Waals surface area contributed by atoms with Crippen LogP contribution in [0.15, 0.2) is 6.07 Å². The monoisotopic (exact) mass is 372 g/mol. The Balaban J connectivity index is 0.00000288. The fourth-order valence-electron chi connectivity index (χ4n) is 3.28. The summed E-state index contributed by atoms with van der Waals surface area (Å²) in [6.45, 7) is 8.85. The summed E-state index contributed by atoms with van der Waals surface area (Å²) in [7, 11) is 0. The molecule has 0 unspecified atom stereocenters. The molecule has 1 aliphatic rings. The van der Waals surface area contributed by atoms with Crippen LogP contribution in [0.4, 0.5) is 0 Å². The molecule has 0 bridgehead atoms. The molecule has 1 aromatic heterocycles. The number of nitrogens with one attached hydrogen (secondary N) is 1. The van der Waals surface area contributed by atoms with Gasteiger partial charge in [0, 0.05) is 40.7 Å². The minimum atomic E-state index is 0. The number of thiophene rings is 1. The molecule has 0 saturated carbocycles. The zero-order valence-electron chi connectivity index (χ0n) is 14.9. The largest absolute Gasteiger partial charge is 0.340 e. The molecule has 24 heavy (non-hydrogen) atoms. The number of halogens is 1. The van der Waals surface area contributed by atoms with Gasteiger partial charge in [0.05, 0.1) is 0 Å². The predicted octanol–water partition coefficient (Wildman–Crippen LogP) is 3.74. The molecule has 1 fully saturated rings. The molecule has 1 amide bonds. The van der Waals surface area contributed by atoms with E-state index >= 15 is 0 Å². The first-order valence-corrected chi connectivity index (χ1v) is 9.45. The summed E-state index contributed by atoms with van der Waals surface area (Å²) in [6, 6.07) is 2.28. The van der Waals surface area contributed by atoms with Crippen LogP contribution < -0.4 is 5.32 Å². The number of piperidine rings is 1. The number of hydrogen-bond acceptors (Lipinski definition) is 4. The number of carbonyl (C=O) groups excluding carboxylic acids is 2. The molecule has 136 valence electrons. The summed E-state index contributed by atoms with van der Waals surface area (Å²) < 4.78 is 0. The molecule has 2 heterocycles. The molecule has 1 aliphatic heterocycles. The maximum absolute atomic E-state index is 12.6. The molecule has 0 atom stereocenters. The third kappa shape index (κ3) is 5.57. The fourth-order valence-corrected chi connectivity index (χ4v) is 4.22. The van der Waals surface area contributed by atoms with E-state index in [9.17, 15) is 9.59 Å². The highest BCUT2D eigenvalue weighted by Gasteiger charge is 2.25. The Morgan fingerprint density at radius 1 is 1.25 bits per heavy atom. The summed E-state index contributed by atoms with van der Waals surface area (Å²) in [5.74, 6) is 0.235. The van der Waals surface area contributed by atoms with E-state index in [1.807, 2.05) is 24.8 Å². The van der Waals surface area contributed by atoms with Crippen molar-refractivity contribution in [2.45, 2.75) is 58.9 Å². The van der Waals surface area contributed by atoms with E-state index in [4.69, 9.17) is 0 Å². The van der Waals surface area contributed by atoms with Gasteiger partial charge in [0.15, 0.2) is 5.78 Å². The van der Waals surface area contributed by atoms with Crippen LogP contribution in [0.1, 0.15) is 59.1 Å². The van der Waals surface area contributed by atoms with E-state index in [-0.39, 0.29) is 24.1 Å². The number of carbonyl (C=O) groups is 2. The van der Waals surface area contributed by atoms with E-state index in [0.717, 1.165) is 54.2 Å². The highest BCUT2D eigenvalue weighted by Crippen LogP contribution is 2.23. The normalized spacial score (nSPS) is 15.0. The summed E-state index contributed by atoms with van der Waals surface area (Å²) in [6.07, 6.45) is 3.65. The van der Waals surface area contributed by atoms with Crippen molar-refractivity contribution in [1.82, 2.24) is 10.2 Å². The number of ketones is 1. The smallest absolute Gasteiger partial charge is 0.223 e. The lowest BCUT2D eigenvalue weighted by Crippen LogP contribution is -2.46. The van der Waals surface area contributed by atoms with Crippen molar-refractivity contribution in [3.63, 3.8) is 0 Å². The zero-order valence-corrected chi connectivity index (χ0v) is 16.5. The van der Waals surface area contributed by atoms with E-state index in [0.29, 0.717) is 18.9 Å². The van der Waals surface area contributed by atoms with E-state index in [2.05, 4.69) is 12.2 Å². The lowest BCUT2D eigenvalue weighted by Gasteiger charge is -2.34. The van der Waals surface area contributed by atoms with Gasteiger partial charge in [0.2, 0.25) is 5.91 Å². The van der Waals surface area contributed by atoms with Crippen LogP contribution in [-0.2, 0) is 4.79 Å². The Morgan fingerprint density at radius 3 is 2.46 bits per heavy atom. The van der Waals surface area contributed by atoms with Crippen LogP contribution in [0.25, 0.3) is 0 Å². The topological polar surface area (TPSA) is 49.4 Å². The van der Waals surface area contributed by atoms with Gasteiger partial charge in [-0.3, -0.25) is 9.59 Å². The number of amides is 1. The molecule has 0 aromatic carbocycles. The standard InChI is InChI=1S/C18H28N2O2S.ClH/c1-4-11-20(15-7-9-19-10-8-15)18(22)6-5-17(21)16-12-13(2)23-14(16)3;/h12,15,19H,4-11H2,1-3H3;1H. The first-order chi connectivity index (χ1) is 11.0. The number of rotatable bonds is 7. The molecule has 1 N–H and O–H groups in total. The molecule has 0 aliphatic carbocycles. The third-order valence-corrected chi connectivity index (χ3v) is 5.41. The maximum atomic E-state index is 12.6. The quantitative estimate of drug-likeness (QED) is 0.741. The van der Waals surface area contributed by atoms with Crippen molar-refractivity contribution in [3.8, 4) is 0 Å². The molecule has 1 aromatic rings. The Hall–Kier alpha value is -0.910. The van der Waals surface area contributed by atoms with Gasteiger partial charge in [-0.15, -0.1) is 23.7 Å². The van der Waals surface area contributed by atoms with Gasteiger partial charge in [0.1, 0.15) is 0 Å². The van der Waals surface area contributed by atoms with Gasteiger partial charge in [-0.05, 0) is 52.3 Å². The summed E-state index contributed by atoms with van der Waals surface area (Å²) in [4.78, 5) is 29.2. The SMILES string of the molecule is CCCN(C(=O)CCC(=O)c1cc(C)sc1C)C1CCNCC1.Cl. The third-order valence-electron chi connectivity index (χ3n) is 4.44. The number of hydrogen-bond donors (Lipinski definition) is 1. The molecule has 0 radical (unpaired) electrons. The van der Waals surface area contributed by atoms with Crippen LogP contribution in [0.5, 0.6) is 0 Å². The van der Waals surface area contributed by atoms with Crippen LogP contribution in [0.3, 0.4) is 0 Å². The van der Waals surface area contributed by atoms with Crippen molar-refractivity contribution >= 4 is 35.4 Å². The lowest BCUT2D eigenvalue weighted by molar-refractivity contribution is -0.134. The van der Waals surface area contributed by atoms with Gasteiger partial charge < -0.3 is 10.2 Å². The number of aryl methyl sites for hydroxylation is 2. The fraction of sp³-hybridized carbons (Fsp3) is 0.667. The second-order valence-corrected chi connectivity index (χ2v) is 7.78. The maximum Gasteiger partial charge on any atom is 0.223 e. The number of nitrogens with zero attached hydrogens (tertiary/aromatic N) is 1. The van der Waals surface area contributed by atoms with Crippen molar-refractivity contribution in [2.24, 2.45) is 0 Å².